The second kappa shape index (κ2) is 4.88. The third kappa shape index (κ3) is 1.94. The van der Waals surface area contributed by atoms with Gasteiger partial charge in [0.1, 0.15) is 0 Å². The van der Waals surface area contributed by atoms with Gasteiger partial charge < -0.3 is 10.4 Å². The van der Waals surface area contributed by atoms with Crippen LogP contribution in [-0.2, 0) is 12.8 Å². The van der Waals surface area contributed by atoms with Crippen LogP contribution < -0.4 is 5.32 Å². The Morgan fingerprint density at radius 1 is 0.864 bits per heavy atom. The number of aryl methyl sites for hydroxylation is 2. The van der Waals surface area contributed by atoms with E-state index in [2.05, 4.69) is 29.6 Å². The van der Waals surface area contributed by atoms with Crippen LogP contribution in [0.4, 0.5) is 11.4 Å². The summed E-state index contributed by atoms with van der Waals surface area (Å²) < 4.78 is 0. The number of carbonyl (C=O) groups is 1. The van der Waals surface area contributed by atoms with Gasteiger partial charge in [0, 0.05) is 11.1 Å². The van der Waals surface area contributed by atoms with E-state index in [0.717, 1.165) is 23.9 Å². The maximum Gasteiger partial charge on any atom is 0.337 e. The standard InChI is InChI=1S/C19H15NO2/c21-19(22)15-5-1-2-7-16(15)20-17-11-10-13-9-8-12-4-3-6-14(17)18(12)13/h1-7,10-11,20H,8-9H2,(H,21,22). The lowest BCUT2D eigenvalue weighted by molar-refractivity contribution is 0.0698. The molecule has 0 saturated heterocycles. The highest BCUT2D eigenvalue weighted by Crippen LogP contribution is 2.36. The Morgan fingerprint density at radius 2 is 1.64 bits per heavy atom. The number of hydrogen-bond acceptors (Lipinski definition) is 2. The molecule has 2 N–H and O–H groups in total. The lowest BCUT2D eigenvalue weighted by Gasteiger charge is -2.13. The molecule has 0 radical (unpaired) electrons. The van der Waals surface area contributed by atoms with Gasteiger partial charge in [-0.1, -0.05) is 36.4 Å². The summed E-state index contributed by atoms with van der Waals surface area (Å²) in [5.41, 5.74) is 4.61. The van der Waals surface area contributed by atoms with E-state index >= 15 is 0 Å². The van der Waals surface area contributed by atoms with Crippen molar-refractivity contribution < 1.29 is 9.90 Å². The largest absolute Gasteiger partial charge is 0.478 e. The third-order valence-corrected chi connectivity index (χ3v) is 4.30. The predicted molar refractivity (Wildman–Crippen MR) is 88.0 cm³/mol. The van der Waals surface area contributed by atoms with Crippen molar-refractivity contribution >= 4 is 28.1 Å². The zero-order chi connectivity index (χ0) is 15.1. The van der Waals surface area contributed by atoms with Crippen molar-refractivity contribution in [2.24, 2.45) is 0 Å². The average molecular weight is 289 g/mol. The van der Waals surface area contributed by atoms with E-state index in [-0.39, 0.29) is 5.56 Å². The van der Waals surface area contributed by atoms with Gasteiger partial charge in [0.15, 0.2) is 0 Å². The molecule has 0 atom stereocenters. The number of aromatic carboxylic acids is 1. The molecule has 0 saturated carbocycles. The summed E-state index contributed by atoms with van der Waals surface area (Å²) in [4.78, 5) is 11.4. The van der Waals surface area contributed by atoms with E-state index in [0.29, 0.717) is 5.69 Å². The van der Waals surface area contributed by atoms with Crippen LogP contribution in [0.1, 0.15) is 21.5 Å². The first-order valence-corrected chi connectivity index (χ1v) is 7.37. The van der Waals surface area contributed by atoms with Crippen LogP contribution in [0.5, 0.6) is 0 Å². The van der Waals surface area contributed by atoms with Crippen molar-refractivity contribution in [2.45, 2.75) is 12.8 Å². The molecule has 0 unspecified atom stereocenters. The van der Waals surface area contributed by atoms with E-state index in [1.165, 1.54) is 16.5 Å². The molecule has 3 aromatic rings. The molecule has 22 heavy (non-hydrogen) atoms. The first-order valence-electron chi connectivity index (χ1n) is 7.37. The van der Waals surface area contributed by atoms with Crippen molar-refractivity contribution in [3.63, 3.8) is 0 Å². The van der Waals surface area contributed by atoms with E-state index in [4.69, 9.17) is 0 Å². The van der Waals surface area contributed by atoms with Gasteiger partial charge in [-0.25, -0.2) is 4.79 Å². The minimum Gasteiger partial charge on any atom is -0.478 e. The number of carboxylic acid groups (broad SMARTS) is 1. The van der Waals surface area contributed by atoms with Gasteiger partial charge in [0.05, 0.1) is 11.3 Å². The lowest BCUT2D eigenvalue weighted by atomic mass is 10.0. The number of hydrogen-bond donors (Lipinski definition) is 2. The summed E-state index contributed by atoms with van der Waals surface area (Å²) in [7, 11) is 0. The van der Waals surface area contributed by atoms with E-state index < -0.39 is 5.97 Å². The number of benzene rings is 3. The minimum absolute atomic E-state index is 0.283. The minimum atomic E-state index is -0.922. The summed E-state index contributed by atoms with van der Waals surface area (Å²) in [5.74, 6) is -0.922. The molecule has 0 bridgehead atoms. The van der Waals surface area contributed by atoms with Gasteiger partial charge in [-0.2, -0.15) is 0 Å². The molecular formula is C19H15NO2. The Bertz CT molecular complexity index is 889. The van der Waals surface area contributed by atoms with E-state index in [1.54, 1.807) is 18.2 Å². The first-order chi connectivity index (χ1) is 10.7. The zero-order valence-corrected chi connectivity index (χ0v) is 12.0. The molecule has 1 aliphatic carbocycles. The van der Waals surface area contributed by atoms with Gasteiger partial charge in [0.25, 0.3) is 0 Å². The molecule has 108 valence electrons. The molecule has 0 amide bonds. The number of rotatable bonds is 3. The predicted octanol–water partition coefficient (Wildman–Crippen LogP) is 4.38. The molecule has 1 aliphatic rings. The summed E-state index contributed by atoms with van der Waals surface area (Å²) in [5, 5.41) is 15.1. The third-order valence-electron chi connectivity index (χ3n) is 4.30. The van der Waals surface area contributed by atoms with Crippen molar-refractivity contribution in [2.75, 3.05) is 5.32 Å². The fourth-order valence-corrected chi connectivity index (χ4v) is 3.28. The number of nitrogens with one attached hydrogen (secondary N) is 1. The fourth-order valence-electron chi connectivity index (χ4n) is 3.28. The average Bonchev–Trinajstić information content (AvgIpc) is 2.95. The normalized spacial score (nSPS) is 12.5. The SMILES string of the molecule is O=C(O)c1ccccc1Nc1ccc2c3c(cccc13)CC2. The summed E-state index contributed by atoms with van der Waals surface area (Å²) in [6.07, 6.45) is 2.17. The monoisotopic (exact) mass is 289 g/mol. The first kappa shape index (κ1) is 12.9. The molecule has 0 fully saturated rings. The maximum absolute atomic E-state index is 11.4. The molecule has 3 aromatic carbocycles. The smallest absolute Gasteiger partial charge is 0.337 e. The number of carboxylic acids is 1. The quantitative estimate of drug-likeness (QED) is 0.752. The van der Waals surface area contributed by atoms with Crippen LogP contribution in [0.3, 0.4) is 0 Å². The van der Waals surface area contributed by atoms with Crippen LogP contribution in [-0.4, -0.2) is 11.1 Å². The lowest BCUT2D eigenvalue weighted by Crippen LogP contribution is -2.02. The molecule has 3 heteroatoms. The van der Waals surface area contributed by atoms with Gasteiger partial charge >= 0.3 is 5.97 Å². The molecule has 0 spiro atoms. The second-order valence-corrected chi connectivity index (χ2v) is 5.59. The number of anilines is 2. The Morgan fingerprint density at radius 3 is 2.45 bits per heavy atom. The van der Waals surface area contributed by atoms with E-state index in [1.807, 2.05) is 12.1 Å². The molecule has 3 nitrogen and oxygen atoms in total. The fraction of sp³-hybridized carbons (Fsp3) is 0.105. The summed E-state index contributed by atoms with van der Waals surface area (Å²) in [6.45, 7) is 0. The Labute approximate surface area is 128 Å². The van der Waals surface area contributed by atoms with Crippen molar-refractivity contribution in [3.8, 4) is 0 Å². The summed E-state index contributed by atoms with van der Waals surface area (Å²) >= 11 is 0. The highest BCUT2D eigenvalue weighted by molar-refractivity contribution is 6.02. The number of para-hydroxylation sites is 1. The highest BCUT2D eigenvalue weighted by atomic mass is 16.4. The highest BCUT2D eigenvalue weighted by Gasteiger charge is 2.16. The maximum atomic E-state index is 11.4. The van der Waals surface area contributed by atoms with Crippen LogP contribution in [0.15, 0.2) is 54.6 Å². The Hall–Kier alpha value is -2.81. The van der Waals surface area contributed by atoms with Gasteiger partial charge in [-0.15, -0.1) is 0 Å². The molecule has 0 aromatic heterocycles. The molecule has 0 aliphatic heterocycles. The van der Waals surface area contributed by atoms with Crippen molar-refractivity contribution in [1.29, 1.82) is 0 Å². The van der Waals surface area contributed by atoms with Crippen LogP contribution in [0.25, 0.3) is 10.8 Å². The van der Waals surface area contributed by atoms with Crippen LogP contribution in [0.2, 0.25) is 0 Å². The van der Waals surface area contributed by atoms with Gasteiger partial charge in [-0.05, 0) is 47.6 Å². The Kier molecular flexibility index (Phi) is 2.86. The Balaban J connectivity index is 1.86. The molecule has 0 heterocycles. The zero-order valence-electron chi connectivity index (χ0n) is 12.0. The van der Waals surface area contributed by atoms with Crippen LogP contribution >= 0.6 is 0 Å². The topological polar surface area (TPSA) is 49.3 Å². The molecule has 4 rings (SSSR count). The molecular weight excluding hydrogens is 274 g/mol. The van der Waals surface area contributed by atoms with Crippen molar-refractivity contribution in [1.82, 2.24) is 0 Å². The van der Waals surface area contributed by atoms with Gasteiger partial charge in [0.2, 0.25) is 0 Å². The van der Waals surface area contributed by atoms with E-state index in [9.17, 15) is 9.90 Å². The second-order valence-electron chi connectivity index (χ2n) is 5.59. The van der Waals surface area contributed by atoms with Crippen molar-refractivity contribution in [3.05, 3.63) is 71.3 Å². The van der Waals surface area contributed by atoms with Crippen LogP contribution in [0, 0.1) is 0 Å². The van der Waals surface area contributed by atoms with Gasteiger partial charge in [-0.3, -0.25) is 0 Å². The summed E-state index contributed by atoms with van der Waals surface area (Å²) in [6, 6.07) is 17.5.